The van der Waals surface area contributed by atoms with Gasteiger partial charge >= 0.3 is 0 Å². The van der Waals surface area contributed by atoms with E-state index in [1.807, 2.05) is 24.3 Å². The molecule has 4 rings (SSSR count). The monoisotopic (exact) mass is 486 g/mol. The predicted octanol–water partition coefficient (Wildman–Crippen LogP) is 5.25. The first-order valence-corrected chi connectivity index (χ1v) is 11.5. The van der Waals surface area contributed by atoms with Crippen LogP contribution in [0, 0.1) is 5.82 Å². The van der Waals surface area contributed by atoms with Crippen molar-refractivity contribution >= 4 is 17.3 Å². The number of aromatic nitrogens is 3. The highest BCUT2D eigenvalue weighted by molar-refractivity contribution is 5.91. The number of hydrogen-bond acceptors (Lipinski definition) is 6. The zero-order valence-electron chi connectivity index (χ0n) is 19.9. The highest BCUT2D eigenvalue weighted by Gasteiger charge is 2.16. The maximum Gasteiger partial charge on any atom is 0.159 e. The molecular formula is C28H27FN4O3. The van der Waals surface area contributed by atoms with Crippen molar-refractivity contribution in [3.63, 3.8) is 0 Å². The molecule has 3 N–H and O–H groups in total. The van der Waals surface area contributed by atoms with Crippen LogP contribution < -0.4 is 10.1 Å². The number of halogens is 1. The van der Waals surface area contributed by atoms with Gasteiger partial charge in [0, 0.05) is 36.8 Å². The normalized spacial score (nSPS) is 10.8. The molecule has 0 saturated carbocycles. The van der Waals surface area contributed by atoms with Gasteiger partial charge in [0.15, 0.2) is 5.78 Å². The fourth-order valence-electron chi connectivity index (χ4n) is 3.84. The summed E-state index contributed by atoms with van der Waals surface area (Å²) in [4.78, 5) is 24.3. The predicted molar refractivity (Wildman–Crippen MR) is 138 cm³/mol. The second kappa shape index (κ2) is 11.4. The number of allylic oxidation sites excluding steroid dienone is 1. The van der Waals surface area contributed by atoms with Crippen molar-refractivity contribution in [3.8, 4) is 28.3 Å². The first kappa shape index (κ1) is 24.8. The van der Waals surface area contributed by atoms with E-state index in [-0.39, 0.29) is 24.6 Å². The van der Waals surface area contributed by atoms with Crippen LogP contribution in [0.3, 0.4) is 0 Å². The minimum Gasteiger partial charge on any atom is -0.495 e. The van der Waals surface area contributed by atoms with Gasteiger partial charge in [-0.2, -0.15) is 0 Å². The highest BCUT2D eigenvalue weighted by Crippen LogP contribution is 2.33. The molecule has 0 bridgehead atoms. The number of imidazole rings is 1. The Kier molecular flexibility index (Phi) is 7.87. The van der Waals surface area contributed by atoms with Gasteiger partial charge in [0.05, 0.1) is 24.2 Å². The number of rotatable bonds is 11. The number of anilines is 2. The number of aliphatic hydroxyl groups excluding tert-OH is 1. The second-order valence-corrected chi connectivity index (χ2v) is 8.18. The van der Waals surface area contributed by atoms with Crippen molar-refractivity contribution in [2.45, 2.75) is 19.3 Å². The van der Waals surface area contributed by atoms with E-state index >= 15 is 0 Å². The topological polar surface area (TPSA) is 100 Å². The fourth-order valence-corrected chi connectivity index (χ4v) is 3.84. The quantitative estimate of drug-likeness (QED) is 0.250. The Hall–Kier alpha value is -4.30. The third-order valence-corrected chi connectivity index (χ3v) is 5.62. The van der Waals surface area contributed by atoms with Crippen molar-refractivity contribution in [2.24, 2.45) is 0 Å². The Morgan fingerprint density at radius 1 is 1.17 bits per heavy atom. The summed E-state index contributed by atoms with van der Waals surface area (Å²) in [6.45, 7) is 3.59. The minimum absolute atomic E-state index is 0.0601. The Bertz CT molecular complexity index is 1370. The van der Waals surface area contributed by atoms with E-state index in [1.165, 1.54) is 18.2 Å². The van der Waals surface area contributed by atoms with E-state index in [0.717, 1.165) is 28.2 Å². The number of pyridine rings is 1. The molecule has 0 atom stereocenters. The lowest BCUT2D eigenvalue weighted by molar-refractivity contribution is -0.114. The smallest absolute Gasteiger partial charge is 0.159 e. The number of aryl methyl sites for hydroxylation is 1. The third-order valence-electron chi connectivity index (χ3n) is 5.62. The largest absolute Gasteiger partial charge is 0.495 e. The highest BCUT2D eigenvalue weighted by atomic mass is 19.1. The average molecular weight is 487 g/mol. The summed E-state index contributed by atoms with van der Waals surface area (Å²) < 4.78 is 19.0. The molecule has 7 nitrogen and oxygen atoms in total. The van der Waals surface area contributed by atoms with Gasteiger partial charge in [0.25, 0.3) is 0 Å². The maximum absolute atomic E-state index is 13.5. The van der Waals surface area contributed by atoms with Crippen LogP contribution in [0.2, 0.25) is 0 Å². The number of nitrogens with one attached hydrogen (secondary N) is 2. The molecule has 4 aromatic rings. The number of benzene rings is 2. The van der Waals surface area contributed by atoms with Crippen molar-refractivity contribution in [2.75, 3.05) is 19.0 Å². The molecule has 0 amide bonds. The second-order valence-electron chi connectivity index (χ2n) is 8.18. The van der Waals surface area contributed by atoms with E-state index in [9.17, 15) is 14.3 Å². The van der Waals surface area contributed by atoms with Crippen LogP contribution in [0.4, 0.5) is 15.9 Å². The van der Waals surface area contributed by atoms with E-state index in [4.69, 9.17) is 9.72 Å². The van der Waals surface area contributed by atoms with E-state index < -0.39 is 0 Å². The molecule has 2 aromatic heterocycles. The number of ketones is 1. The molecule has 184 valence electrons. The molecule has 0 aliphatic carbocycles. The average Bonchev–Trinajstić information content (AvgIpc) is 3.32. The van der Waals surface area contributed by atoms with Crippen LogP contribution in [-0.4, -0.2) is 39.6 Å². The third kappa shape index (κ3) is 5.84. The molecule has 0 unspecified atom stereocenters. The van der Waals surface area contributed by atoms with E-state index in [0.29, 0.717) is 35.8 Å². The van der Waals surface area contributed by atoms with Crippen LogP contribution in [0.25, 0.3) is 22.5 Å². The summed E-state index contributed by atoms with van der Waals surface area (Å²) in [7, 11) is 1.57. The first-order chi connectivity index (χ1) is 17.5. The number of ether oxygens (including phenoxy) is 1. The van der Waals surface area contributed by atoms with Gasteiger partial charge in [0.1, 0.15) is 23.2 Å². The minimum atomic E-state index is -0.318. The standard InChI is InChI=1S/C28H27FN4O3/c1-3-22(35)15-18-6-11-24(36-2)23(16-18)31-26-17-20(12-13-30-26)28-27(19-7-9-21(29)10-8-19)32-25(33-28)5-4-14-34/h3,6-13,16-17,34H,1,4-5,14-15H2,2H3,(H,30,31)(H,32,33). The molecule has 2 heterocycles. The van der Waals surface area contributed by atoms with Crippen molar-refractivity contribution < 1.29 is 19.0 Å². The molecule has 0 aliphatic heterocycles. The van der Waals surface area contributed by atoms with Gasteiger partial charge in [-0.05, 0) is 66.6 Å². The zero-order valence-corrected chi connectivity index (χ0v) is 19.9. The molecule has 0 radical (unpaired) electrons. The van der Waals surface area contributed by atoms with E-state index in [2.05, 4.69) is 21.9 Å². The zero-order chi connectivity index (χ0) is 25.5. The summed E-state index contributed by atoms with van der Waals surface area (Å²) in [6, 6.07) is 15.4. The van der Waals surface area contributed by atoms with Crippen LogP contribution in [0.1, 0.15) is 17.8 Å². The van der Waals surface area contributed by atoms with Gasteiger partial charge in [-0.1, -0.05) is 12.6 Å². The lowest BCUT2D eigenvalue weighted by Gasteiger charge is -2.13. The number of aromatic amines is 1. The van der Waals surface area contributed by atoms with Gasteiger partial charge in [-0.3, -0.25) is 4.79 Å². The molecule has 0 aliphatic rings. The van der Waals surface area contributed by atoms with Crippen LogP contribution in [0.5, 0.6) is 5.75 Å². The lowest BCUT2D eigenvalue weighted by atomic mass is 10.1. The van der Waals surface area contributed by atoms with Crippen LogP contribution in [-0.2, 0) is 17.6 Å². The number of nitrogens with zero attached hydrogens (tertiary/aromatic N) is 2. The number of carbonyl (C=O) groups is 1. The van der Waals surface area contributed by atoms with Crippen LogP contribution in [0.15, 0.2) is 73.4 Å². The van der Waals surface area contributed by atoms with Gasteiger partial charge < -0.3 is 20.1 Å². The molecule has 2 aromatic carbocycles. The number of carbonyl (C=O) groups excluding carboxylic acids is 1. The fraction of sp³-hybridized carbons (Fsp3) is 0.179. The molecule has 0 saturated heterocycles. The lowest BCUT2D eigenvalue weighted by Crippen LogP contribution is -2.01. The molecule has 0 spiro atoms. The summed E-state index contributed by atoms with van der Waals surface area (Å²) in [6.07, 6.45) is 4.36. The summed E-state index contributed by atoms with van der Waals surface area (Å²) in [5.41, 5.74) is 4.52. The van der Waals surface area contributed by atoms with Crippen molar-refractivity contribution in [1.82, 2.24) is 15.0 Å². The van der Waals surface area contributed by atoms with Gasteiger partial charge in [-0.15, -0.1) is 0 Å². The molecule has 0 fully saturated rings. The number of H-pyrrole nitrogens is 1. The van der Waals surface area contributed by atoms with Crippen LogP contribution >= 0.6 is 0 Å². The summed E-state index contributed by atoms with van der Waals surface area (Å²) >= 11 is 0. The summed E-state index contributed by atoms with van der Waals surface area (Å²) in [5, 5.41) is 12.5. The number of aliphatic hydroxyl groups is 1. The summed E-state index contributed by atoms with van der Waals surface area (Å²) in [5.74, 6) is 1.50. The molecular weight excluding hydrogens is 459 g/mol. The first-order valence-electron chi connectivity index (χ1n) is 11.5. The van der Waals surface area contributed by atoms with Gasteiger partial charge in [-0.25, -0.2) is 14.4 Å². The Morgan fingerprint density at radius 2 is 1.97 bits per heavy atom. The molecule has 36 heavy (non-hydrogen) atoms. The van der Waals surface area contributed by atoms with Crippen molar-refractivity contribution in [1.29, 1.82) is 0 Å². The van der Waals surface area contributed by atoms with E-state index in [1.54, 1.807) is 31.5 Å². The molecule has 8 heteroatoms. The Morgan fingerprint density at radius 3 is 2.69 bits per heavy atom. The SMILES string of the molecule is C=CC(=O)Cc1ccc(OC)c(Nc2cc(-c3nc(CCCO)[nH]c3-c3ccc(F)cc3)ccn2)c1. The Labute approximate surface area is 208 Å². The number of hydrogen-bond donors (Lipinski definition) is 3. The maximum atomic E-state index is 13.5. The van der Waals surface area contributed by atoms with Crippen molar-refractivity contribution in [3.05, 3.63) is 90.7 Å². The Balaban J connectivity index is 1.69. The van der Waals surface area contributed by atoms with Gasteiger partial charge in [0.2, 0.25) is 0 Å². The number of methoxy groups -OCH3 is 1.